The van der Waals surface area contributed by atoms with Gasteiger partial charge in [-0.3, -0.25) is 4.79 Å². The van der Waals surface area contributed by atoms with Crippen molar-refractivity contribution in [2.24, 2.45) is 5.92 Å². The zero-order valence-electron chi connectivity index (χ0n) is 13.1. The van der Waals surface area contributed by atoms with Crippen LogP contribution < -0.4 is 0 Å². The summed E-state index contributed by atoms with van der Waals surface area (Å²) < 4.78 is 0. The molecule has 0 radical (unpaired) electrons. The van der Waals surface area contributed by atoms with E-state index in [1.165, 1.54) is 32.1 Å². The molecule has 1 fully saturated rings. The molecule has 0 aromatic heterocycles. The third kappa shape index (κ3) is 4.55. The van der Waals surface area contributed by atoms with Crippen molar-refractivity contribution in [3.05, 3.63) is 34.9 Å². The molecule has 3 heteroatoms. The van der Waals surface area contributed by atoms with E-state index in [1.54, 1.807) is 6.07 Å². The monoisotopic (exact) mass is 307 g/mol. The highest BCUT2D eigenvalue weighted by Crippen LogP contribution is 2.29. The molecule has 0 amide bonds. The summed E-state index contributed by atoms with van der Waals surface area (Å²) in [7, 11) is 2.15. The Kier molecular flexibility index (Phi) is 6.25. The molecule has 0 unspecified atom stereocenters. The molecule has 1 aliphatic carbocycles. The van der Waals surface area contributed by atoms with E-state index in [0.29, 0.717) is 23.0 Å². The number of Topliss-reactive ketones (excluding diaryl/α,β-unsaturated/α-hetero) is 1. The highest BCUT2D eigenvalue weighted by atomic mass is 35.5. The first-order chi connectivity index (χ1) is 10.1. The van der Waals surface area contributed by atoms with Gasteiger partial charge in [0.15, 0.2) is 5.78 Å². The van der Waals surface area contributed by atoms with Crippen LogP contribution in [0.1, 0.15) is 55.8 Å². The summed E-state index contributed by atoms with van der Waals surface area (Å²) in [5.41, 5.74) is 0.655. The summed E-state index contributed by atoms with van der Waals surface area (Å²) >= 11 is 6.08. The Bertz CT molecular complexity index is 466. The van der Waals surface area contributed by atoms with Crippen LogP contribution in [0.5, 0.6) is 0 Å². The number of ketones is 1. The van der Waals surface area contributed by atoms with Crippen molar-refractivity contribution in [2.75, 3.05) is 13.6 Å². The van der Waals surface area contributed by atoms with Crippen LogP contribution in [0.15, 0.2) is 24.3 Å². The minimum atomic E-state index is 0.148. The lowest BCUT2D eigenvalue weighted by Gasteiger charge is -2.34. The standard InChI is InChI=1S/C18H26ClNO/c1-3-14-8-10-15(11-9-14)20(2)13-12-18(21)16-6-4-5-7-17(16)19/h4-7,14-15H,3,8-13H2,1-2H3. The van der Waals surface area contributed by atoms with E-state index >= 15 is 0 Å². The van der Waals surface area contributed by atoms with Gasteiger partial charge in [-0.15, -0.1) is 0 Å². The number of hydrogen-bond acceptors (Lipinski definition) is 2. The van der Waals surface area contributed by atoms with Gasteiger partial charge in [0, 0.05) is 24.6 Å². The van der Waals surface area contributed by atoms with Crippen LogP contribution in [0.2, 0.25) is 5.02 Å². The average molecular weight is 308 g/mol. The lowest BCUT2D eigenvalue weighted by molar-refractivity contribution is 0.0946. The number of rotatable bonds is 6. The van der Waals surface area contributed by atoms with Crippen LogP contribution in [0.3, 0.4) is 0 Å². The summed E-state index contributed by atoms with van der Waals surface area (Å²) in [5.74, 6) is 1.06. The summed E-state index contributed by atoms with van der Waals surface area (Å²) in [6.07, 6.45) is 7.08. The van der Waals surface area contributed by atoms with Gasteiger partial charge in [0.1, 0.15) is 0 Å². The fourth-order valence-corrected chi connectivity index (χ4v) is 3.52. The van der Waals surface area contributed by atoms with Crippen molar-refractivity contribution >= 4 is 17.4 Å². The van der Waals surface area contributed by atoms with Crippen molar-refractivity contribution in [3.63, 3.8) is 0 Å². The molecule has 1 saturated carbocycles. The Balaban J connectivity index is 1.80. The maximum atomic E-state index is 12.2. The van der Waals surface area contributed by atoms with Crippen LogP contribution in [0, 0.1) is 5.92 Å². The second-order valence-electron chi connectivity index (χ2n) is 6.22. The molecule has 1 aromatic carbocycles. The fourth-order valence-electron chi connectivity index (χ4n) is 3.28. The third-order valence-corrected chi connectivity index (χ3v) is 5.21. The van der Waals surface area contributed by atoms with Crippen molar-refractivity contribution < 1.29 is 4.79 Å². The number of hydrogen-bond donors (Lipinski definition) is 0. The van der Waals surface area contributed by atoms with E-state index in [0.717, 1.165) is 12.5 Å². The van der Waals surface area contributed by atoms with Gasteiger partial charge in [-0.2, -0.15) is 0 Å². The van der Waals surface area contributed by atoms with Crippen molar-refractivity contribution in [2.45, 2.75) is 51.5 Å². The van der Waals surface area contributed by atoms with Gasteiger partial charge in [0.05, 0.1) is 5.02 Å². The Morgan fingerprint density at radius 1 is 1.24 bits per heavy atom. The zero-order valence-corrected chi connectivity index (χ0v) is 13.9. The molecule has 0 spiro atoms. The molecule has 21 heavy (non-hydrogen) atoms. The number of nitrogens with zero attached hydrogens (tertiary/aromatic N) is 1. The molecule has 0 bridgehead atoms. The summed E-state index contributed by atoms with van der Waals surface area (Å²) in [4.78, 5) is 14.6. The van der Waals surface area contributed by atoms with Crippen LogP contribution in [-0.2, 0) is 0 Å². The Morgan fingerprint density at radius 3 is 2.52 bits per heavy atom. The zero-order chi connectivity index (χ0) is 15.2. The normalized spacial score (nSPS) is 22.5. The molecule has 116 valence electrons. The number of carbonyl (C=O) groups excluding carboxylic acids is 1. The quantitative estimate of drug-likeness (QED) is 0.703. The fraction of sp³-hybridized carbons (Fsp3) is 0.611. The molecule has 0 heterocycles. The molecule has 0 saturated heterocycles. The average Bonchev–Trinajstić information content (AvgIpc) is 2.52. The van der Waals surface area contributed by atoms with Gasteiger partial charge in [-0.25, -0.2) is 0 Å². The van der Waals surface area contributed by atoms with Gasteiger partial charge in [0.2, 0.25) is 0 Å². The largest absolute Gasteiger partial charge is 0.303 e. The second-order valence-corrected chi connectivity index (χ2v) is 6.62. The molecule has 1 aliphatic rings. The maximum absolute atomic E-state index is 12.2. The predicted molar refractivity (Wildman–Crippen MR) is 89.1 cm³/mol. The second kappa shape index (κ2) is 7.95. The molecule has 0 atom stereocenters. The first kappa shape index (κ1) is 16.5. The van der Waals surface area contributed by atoms with Gasteiger partial charge in [0.25, 0.3) is 0 Å². The van der Waals surface area contributed by atoms with Crippen molar-refractivity contribution in [3.8, 4) is 0 Å². The molecular formula is C18H26ClNO. The van der Waals surface area contributed by atoms with E-state index in [9.17, 15) is 4.79 Å². The molecule has 0 aliphatic heterocycles. The number of halogens is 1. The van der Waals surface area contributed by atoms with Gasteiger partial charge >= 0.3 is 0 Å². The smallest absolute Gasteiger partial charge is 0.165 e. The Labute approximate surface area is 133 Å². The van der Waals surface area contributed by atoms with Crippen LogP contribution in [0.4, 0.5) is 0 Å². The minimum absolute atomic E-state index is 0.148. The lowest BCUT2D eigenvalue weighted by atomic mass is 9.84. The topological polar surface area (TPSA) is 20.3 Å². The third-order valence-electron chi connectivity index (χ3n) is 4.88. The molecule has 2 rings (SSSR count). The summed E-state index contributed by atoms with van der Waals surface area (Å²) in [6, 6.07) is 7.97. The maximum Gasteiger partial charge on any atom is 0.165 e. The van der Waals surface area contributed by atoms with Gasteiger partial charge in [-0.1, -0.05) is 37.1 Å². The van der Waals surface area contributed by atoms with E-state index in [1.807, 2.05) is 18.2 Å². The molecule has 2 nitrogen and oxygen atoms in total. The van der Waals surface area contributed by atoms with E-state index in [2.05, 4.69) is 18.9 Å². The first-order valence-corrected chi connectivity index (χ1v) is 8.47. The predicted octanol–water partition coefficient (Wildman–Crippen LogP) is 4.81. The van der Waals surface area contributed by atoms with Crippen molar-refractivity contribution in [1.82, 2.24) is 4.90 Å². The van der Waals surface area contributed by atoms with E-state index in [-0.39, 0.29) is 5.78 Å². The molecule has 0 N–H and O–H groups in total. The summed E-state index contributed by atoms with van der Waals surface area (Å²) in [6.45, 7) is 3.11. The highest BCUT2D eigenvalue weighted by Gasteiger charge is 2.23. The molecule has 1 aromatic rings. The summed E-state index contributed by atoms with van der Waals surface area (Å²) in [5, 5.41) is 0.564. The number of carbonyl (C=O) groups is 1. The van der Waals surface area contributed by atoms with E-state index in [4.69, 9.17) is 11.6 Å². The first-order valence-electron chi connectivity index (χ1n) is 8.09. The SMILES string of the molecule is CCC1CCC(N(C)CCC(=O)c2ccccc2Cl)CC1. The lowest BCUT2D eigenvalue weighted by Crippen LogP contribution is -2.36. The highest BCUT2D eigenvalue weighted by molar-refractivity contribution is 6.33. The van der Waals surface area contributed by atoms with E-state index < -0.39 is 0 Å². The van der Waals surface area contributed by atoms with Crippen LogP contribution in [0.25, 0.3) is 0 Å². The Hall–Kier alpha value is -0.860. The number of benzene rings is 1. The van der Waals surface area contributed by atoms with Crippen molar-refractivity contribution in [1.29, 1.82) is 0 Å². The van der Waals surface area contributed by atoms with Crippen LogP contribution >= 0.6 is 11.6 Å². The van der Waals surface area contributed by atoms with Gasteiger partial charge in [-0.05, 0) is 50.8 Å². The Morgan fingerprint density at radius 2 is 1.90 bits per heavy atom. The minimum Gasteiger partial charge on any atom is -0.303 e. The van der Waals surface area contributed by atoms with Gasteiger partial charge < -0.3 is 4.90 Å². The molecular weight excluding hydrogens is 282 g/mol. The van der Waals surface area contributed by atoms with Crippen LogP contribution in [-0.4, -0.2) is 30.3 Å².